The first-order valence-electron chi connectivity index (χ1n) is 8.02. The number of nitrogens with zero attached hydrogens (tertiary/aromatic N) is 1. The molecule has 0 aromatic carbocycles. The molecule has 0 aromatic rings. The lowest BCUT2D eigenvalue weighted by Crippen LogP contribution is -2.47. The van der Waals surface area contributed by atoms with Crippen LogP contribution in [0.4, 0.5) is 0 Å². The summed E-state index contributed by atoms with van der Waals surface area (Å²) in [6.45, 7) is 6.53. The Morgan fingerprint density at radius 3 is 2.58 bits per heavy atom. The van der Waals surface area contributed by atoms with Crippen molar-refractivity contribution in [2.24, 2.45) is 28.9 Å². The van der Waals surface area contributed by atoms with Gasteiger partial charge in [0.15, 0.2) is 0 Å². The molecule has 0 aromatic heterocycles. The fourth-order valence-corrected chi connectivity index (χ4v) is 4.56. The lowest BCUT2D eigenvalue weighted by molar-refractivity contribution is -0.137. The molecule has 2 bridgehead atoms. The number of hydrogen-bond acceptors (Lipinski definition) is 2. The lowest BCUT2D eigenvalue weighted by Gasteiger charge is -2.32. The van der Waals surface area contributed by atoms with Gasteiger partial charge in [-0.15, -0.1) is 0 Å². The highest BCUT2D eigenvalue weighted by Gasteiger charge is 2.50. The number of likely N-dealkylation sites (tertiary alicyclic amines) is 1. The van der Waals surface area contributed by atoms with Crippen LogP contribution in [0.5, 0.6) is 0 Å². The summed E-state index contributed by atoms with van der Waals surface area (Å²) in [4.78, 5) is 14.9. The first kappa shape index (κ1) is 13.4. The van der Waals surface area contributed by atoms with E-state index in [4.69, 9.17) is 5.73 Å². The highest BCUT2D eigenvalue weighted by atomic mass is 16.2. The summed E-state index contributed by atoms with van der Waals surface area (Å²) in [5.74, 6) is 1.73. The van der Waals surface area contributed by atoms with Crippen molar-refractivity contribution in [1.82, 2.24) is 4.90 Å². The van der Waals surface area contributed by atoms with Gasteiger partial charge in [-0.2, -0.15) is 0 Å². The van der Waals surface area contributed by atoms with E-state index in [0.29, 0.717) is 23.2 Å². The predicted octanol–water partition coefficient (Wildman–Crippen LogP) is 2.40. The van der Waals surface area contributed by atoms with E-state index in [2.05, 4.69) is 18.7 Å². The van der Waals surface area contributed by atoms with Gasteiger partial charge in [-0.3, -0.25) is 4.79 Å². The van der Waals surface area contributed by atoms with Crippen LogP contribution in [0, 0.1) is 23.2 Å². The molecule has 1 aliphatic heterocycles. The molecular formula is C16H28N2O. The van der Waals surface area contributed by atoms with Crippen LogP contribution in [-0.4, -0.2) is 29.9 Å². The zero-order valence-electron chi connectivity index (χ0n) is 12.4. The fraction of sp³-hybridized carbons (Fsp3) is 0.938. The summed E-state index contributed by atoms with van der Waals surface area (Å²) < 4.78 is 0. The average Bonchev–Trinajstić information content (AvgIpc) is 2.88. The van der Waals surface area contributed by atoms with Gasteiger partial charge in [0, 0.05) is 19.1 Å². The van der Waals surface area contributed by atoms with E-state index >= 15 is 0 Å². The minimum absolute atomic E-state index is 0.139. The van der Waals surface area contributed by atoms with E-state index in [1.807, 2.05) is 0 Å². The van der Waals surface area contributed by atoms with E-state index in [0.717, 1.165) is 25.9 Å². The zero-order valence-corrected chi connectivity index (χ0v) is 12.4. The van der Waals surface area contributed by atoms with Crippen molar-refractivity contribution in [3.8, 4) is 0 Å². The van der Waals surface area contributed by atoms with Crippen LogP contribution < -0.4 is 5.73 Å². The molecule has 2 N–H and O–H groups in total. The van der Waals surface area contributed by atoms with Crippen molar-refractivity contribution in [2.45, 2.75) is 58.4 Å². The predicted molar refractivity (Wildman–Crippen MR) is 76.5 cm³/mol. The minimum Gasteiger partial charge on any atom is -0.342 e. The molecule has 3 nitrogen and oxygen atoms in total. The summed E-state index contributed by atoms with van der Waals surface area (Å²) in [5, 5.41) is 0. The molecule has 3 aliphatic rings. The topological polar surface area (TPSA) is 46.3 Å². The number of amides is 1. The summed E-state index contributed by atoms with van der Waals surface area (Å²) in [7, 11) is 0. The van der Waals surface area contributed by atoms with Gasteiger partial charge >= 0.3 is 0 Å². The SMILES string of the molecule is CC1(C)CCCN(C(=O)C2C3CCC(C3)C2N)CC1. The third-order valence-electron chi connectivity index (χ3n) is 5.92. The van der Waals surface area contributed by atoms with Crippen molar-refractivity contribution < 1.29 is 4.79 Å². The highest BCUT2D eigenvalue weighted by molar-refractivity contribution is 5.80. The van der Waals surface area contributed by atoms with Crippen LogP contribution in [0.1, 0.15) is 52.4 Å². The Morgan fingerprint density at radius 1 is 1.16 bits per heavy atom. The van der Waals surface area contributed by atoms with Crippen molar-refractivity contribution in [1.29, 1.82) is 0 Å². The molecule has 3 heteroatoms. The molecule has 1 heterocycles. The third kappa shape index (κ3) is 2.42. The Bertz CT molecular complexity index is 364. The maximum absolute atomic E-state index is 12.8. The number of fused-ring (bicyclic) bond motifs is 2. The third-order valence-corrected chi connectivity index (χ3v) is 5.92. The highest BCUT2D eigenvalue weighted by Crippen LogP contribution is 2.48. The van der Waals surface area contributed by atoms with Gasteiger partial charge in [0.2, 0.25) is 5.91 Å². The van der Waals surface area contributed by atoms with Crippen molar-refractivity contribution in [2.75, 3.05) is 13.1 Å². The van der Waals surface area contributed by atoms with E-state index < -0.39 is 0 Å². The zero-order chi connectivity index (χ0) is 13.6. The maximum atomic E-state index is 12.8. The number of carbonyl (C=O) groups is 1. The molecule has 1 saturated heterocycles. The molecule has 1 amide bonds. The lowest BCUT2D eigenvalue weighted by atomic mass is 9.83. The minimum atomic E-state index is 0.139. The van der Waals surface area contributed by atoms with Gasteiger partial charge in [-0.05, 0) is 55.8 Å². The molecular weight excluding hydrogens is 236 g/mol. The molecule has 108 valence electrons. The second kappa shape index (κ2) is 4.76. The van der Waals surface area contributed by atoms with Crippen molar-refractivity contribution >= 4 is 5.91 Å². The fourth-order valence-electron chi connectivity index (χ4n) is 4.56. The number of nitrogens with two attached hydrogens (primary N) is 1. The van der Waals surface area contributed by atoms with Crippen LogP contribution in [0.2, 0.25) is 0 Å². The summed E-state index contributed by atoms with van der Waals surface area (Å²) >= 11 is 0. The van der Waals surface area contributed by atoms with Gasteiger partial charge in [0.1, 0.15) is 0 Å². The second-order valence-corrected chi connectivity index (χ2v) is 7.78. The first-order valence-corrected chi connectivity index (χ1v) is 8.02. The van der Waals surface area contributed by atoms with Gasteiger partial charge < -0.3 is 10.6 Å². The smallest absolute Gasteiger partial charge is 0.227 e. The first-order chi connectivity index (χ1) is 8.98. The van der Waals surface area contributed by atoms with Gasteiger partial charge in [0.05, 0.1) is 5.92 Å². The maximum Gasteiger partial charge on any atom is 0.227 e. The molecule has 4 unspecified atom stereocenters. The van der Waals surface area contributed by atoms with Crippen LogP contribution in [0.15, 0.2) is 0 Å². The monoisotopic (exact) mass is 264 g/mol. The van der Waals surface area contributed by atoms with Crippen molar-refractivity contribution in [3.05, 3.63) is 0 Å². The van der Waals surface area contributed by atoms with Gasteiger partial charge in [0.25, 0.3) is 0 Å². The van der Waals surface area contributed by atoms with Crippen LogP contribution in [-0.2, 0) is 4.79 Å². The van der Waals surface area contributed by atoms with E-state index in [1.165, 1.54) is 25.7 Å². The summed E-state index contributed by atoms with van der Waals surface area (Å²) in [5.41, 5.74) is 6.71. The van der Waals surface area contributed by atoms with Gasteiger partial charge in [-0.25, -0.2) is 0 Å². The number of hydrogen-bond donors (Lipinski definition) is 1. The molecule has 2 aliphatic carbocycles. The standard InChI is InChI=1S/C16H28N2O/c1-16(2)6-3-8-18(9-7-16)15(19)13-11-4-5-12(10-11)14(13)17/h11-14H,3-10,17H2,1-2H3. The molecule has 4 atom stereocenters. The van der Waals surface area contributed by atoms with E-state index in [9.17, 15) is 4.79 Å². The Morgan fingerprint density at radius 2 is 1.89 bits per heavy atom. The summed E-state index contributed by atoms with van der Waals surface area (Å²) in [6, 6.07) is 0.141. The molecule has 3 rings (SSSR count). The van der Waals surface area contributed by atoms with E-state index in [1.54, 1.807) is 0 Å². The quantitative estimate of drug-likeness (QED) is 0.790. The molecule has 2 saturated carbocycles. The Balaban J connectivity index is 1.67. The molecule has 0 spiro atoms. The Hall–Kier alpha value is -0.570. The van der Waals surface area contributed by atoms with Gasteiger partial charge in [-0.1, -0.05) is 13.8 Å². The van der Waals surface area contributed by atoms with Crippen LogP contribution in [0.25, 0.3) is 0 Å². The molecule has 3 fully saturated rings. The number of carbonyl (C=O) groups excluding carboxylic acids is 1. The van der Waals surface area contributed by atoms with E-state index in [-0.39, 0.29) is 12.0 Å². The second-order valence-electron chi connectivity index (χ2n) is 7.78. The molecule has 0 radical (unpaired) electrons. The Labute approximate surface area is 116 Å². The van der Waals surface area contributed by atoms with Crippen LogP contribution >= 0.6 is 0 Å². The largest absolute Gasteiger partial charge is 0.342 e. The van der Waals surface area contributed by atoms with Crippen LogP contribution in [0.3, 0.4) is 0 Å². The number of rotatable bonds is 1. The average molecular weight is 264 g/mol. The molecule has 19 heavy (non-hydrogen) atoms. The Kier molecular flexibility index (Phi) is 3.36. The normalized spacial score (nSPS) is 41.3. The van der Waals surface area contributed by atoms with Crippen molar-refractivity contribution in [3.63, 3.8) is 0 Å². The summed E-state index contributed by atoms with van der Waals surface area (Å²) in [6.07, 6.45) is 7.21.